The maximum Gasteiger partial charge on any atom is 0.193 e. The first kappa shape index (κ1) is 21.9. The minimum absolute atomic E-state index is 0. The van der Waals surface area contributed by atoms with Gasteiger partial charge in [0.25, 0.3) is 0 Å². The van der Waals surface area contributed by atoms with E-state index in [1.807, 2.05) is 7.05 Å². The summed E-state index contributed by atoms with van der Waals surface area (Å²) in [6.07, 6.45) is 0. The van der Waals surface area contributed by atoms with Crippen molar-refractivity contribution in [3.8, 4) is 0 Å². The Hall–Kier alpha value is -0.0800. The Bertz CT molecular complexity index is 317. The maximum absolute atomic E-state index is 4.42. The molecular weight excluding hydrogens is 389 g/mol. The van der Waals surface area contributed by atoms with Gasteiger partial charge >= 0.3 is 0 Å². The summed E-state index contributed by atoms with van der Waals surface area (Å²) in [5.41, 5.74) is 0.174. The Kier molecular flexibility index (Phi) is 10.6. The zero-order valence-corrected chi connectivity index (χ0v) is 17.6. The summed E-state index contributed by atoms with van der Waals surface area (Å²) in [4.78, 5) is 9.34. The Labute approximate surface area is 154 Å². The molecule has 0 aromatic rings. The van der Waals surface area contributed by atoms with Gasteiger partial charge in [0.15, 0.2) is 5.96 Å². The molecule has 0 bridgehead atoms. The van der Waals surface area contributed by atoms with Crippen LogP contribution in [0.1, 0.15) is 34.6 Å². The molecule has 1 rings (SSSR count). The molecule has 0 aromatic heterocycles. The van der Waals surface area contributed by atoms with Gasteiger partial charge in [-0.25, -0.2) is 0 Å². The molecular formula is C16H36IN5. The van der Waals surface area contributed by atoms with Gasteiger partial charge in [-0.15, -0.1) is 24.0 Å². The van der Waals surface area contributed by atoms with E-state index in [1.165, 1.54) is 6.54 Å². The van der Waals surface area contributed by atoms with Crippen molar-refractivity contribution in [2.75, 3.05) is 52.9 Å². The third kappa shape index (κ3) is 9.15. The van der Waals surface area contributed by atoms with Crippen LogP contribution in [0.2, 0.25) is 0 Å². The third-order valence-corrected chi connectivity index (χ3v) is 3.57. The molecule has 0 aliphatic carbocycles. The van der Waals surface area contributed by atoms with E-state index in [9.17, 15) is 0 Å². The van der Waals surface area contributed by atoms with Crippen LogP contribution in [-0.2, 0) is 0 Å². The standard InChI is InChI=1S/C16H35N5.HI/c1-14(2)13-20-9-11-21(12-10-20)15(17-6)18-7-8-19-16(3,4)5;/h14,19H,7-13H2,1-6H3,(H,17,18);1H. The molecule has 132 valence electrons. The lowest BCUT2D eigenvalue weighted by Gasteiger charge is -2.37. The first-order chi connectivity index (χ1) is 9.81. The monoisotopic (exact) mass is 425 g/mol. The number of rotatable bonds is 5. The predicted octanol–water partition coefficient (Wildman–Crippen LogP) is 1.84. The lowest BCUT2D eigenvalue weighted by molar-refractivity contribution is 0.164. The van der Waals surface area contributed by atoms with Crippen molar-refractivity contribution < 1.29 is 0 Å². The zero-order valence-electron chi connectivity index (χ0n) is 15.3. The van der Waals surface area contributed by atoms with Gasteiger partial charge < -0.3 is 15.5 Å². The van der Waals surface area contributed by atoms with Gasteiger partial charge in [0, 0.05) is 58.4 Å². The first-order valence-electron chi connectivity index (χ1n) is 8.25. The summed E-state index contributed by atoms with van der Waals surface area (Å²) in [7, 11) is 1.88. The van der Waals surface area contributed by atoms with Crippen molar-refractivity contribution in [2.45, 2.75) is 40.2 Å². The predicted molar refractivity (Wildman–Crippen MR) is 107 cm³/mol. The van der Waals surface area contributed by atoms with Gasteiger partial charge in [0.1, 0.15) is 0 Å². The summed E-state index contributed by atoms with van der Waals surface area (Å²) < 4.78 is 0. The molecule has 6 heteroatoms. The smallest absolute Gasteiger partial charge is 0.193 e. The molecule has 0 atom stereocenters. The highest BCUT2D eigenvalue weighted by atomic mass is 127. The number of piperazine rings is 1. The fourth-order valence-electron chi connectivity index (χ4n) is 2.60. The molecule has 5 nitrogen and oxygen atoms in total. The SMILES string of the molecule is CN=C(NCCNC(C)(C)C)N1CCN(CC(C)C)CC1.I. The summed E-state index contributed by atoms with van der Waals surface area (Å²) in [5, 5.41) is 6.95. The number of halogens is 1. The van der Waals surface area contributed by atoms with E-state index in [0.717, 1.165) is 51.1 Å². The van der Waals surface area contributed by atoms with Crippen LogP contribution in [0.4, 0.5) is 0 Å². The van der Waals surface area contributed by atoms with E-state index in [2.05, 4.69) is 60.0 Å². The quantitative estimate of drug-likeness (QED) is 0.305. The van der Waals surface area contributed by atoms with Crippen molar-refractivity contribution in [1.82, 2.24) is 20.4 Å². The van der Waals surface area contributed by atoms with Crippen LogP contribution in [0.5, 0.6) is 0 Å². The topological polar surface area (TPSA) is 42.9 Å². The Morgan fingerprint density at radius 1 is 1.09 bits per heavy atom. The summed E-state index contributed by atoms with van der Waals surface area (Å²) >= 11 is 0. The minimum Gasteiger partial charge on any atom is -0.355 e. The fraction of sp³-hybridized carbons (Fsp3) is 0.938. The molecule has 0 amide bonds. The third-order valence-electron chi connectivity index (χ3n) is 3.57. The van der Waals surface area contributed by atoms with Gasteiger partial charge in [-0.3, -0.25) is 9.89 Å². The Morgan fingerprint density at radius 3 is 2.14 bits per heavy atom. The highest BCUT2D eigenvalue weighted by molar-refractivity contribution is 14.0. The van der Waals surface area contributed by atoms with E-state index >= 15 is 0 Å². The highest BCUT2D eigenvalue weighted by Gasteiger charge is 2.19. The van der Waals surface area contributed by atoms with Crippen LogP contribution < -0.4 is 10.6 Å². The summed E-state index contributed by atoms with van der Waals surface area (Å²) in [6.45, 7) is 18.6. The number of nitrogens with zero attached hydrogens (tertiary/aromatic N) is 3. The largest absolute Gasteiger partial charge is 0.355 e. The lowest BCUT2D eigenvalue weighted by atomic mass is 10.1. The van der Waals surface area contributed by atoms with Gasteiger partial charge in [-0.05, 0) is 26.7 Å². The second-order valence-electron chi connectivity index (χ2n) is 7.33. The molecule has 0 aromatic carbocycles. The van der Waals surface area contributed by atoms with Crippen molar-refractivity contribution in [1.29, 1.82) is 0 Å². The lowest BCUT2D eigenvalue weighted by Crippen LogP contribution is -2.53. The van der Waals surface area contributed by atoms with Crippen LogP contribution in [-0.4, -0.2) is 74.2 Å². The van der Waals surface area contributed by atoms with Crippen molar-refractivity contribution >= 4 is 29.9 Å². The average molecular weight is 425 g/mol. The van der Waals surface area contributed by atoms with Gasteiger partial charge in [0.2, 0.25) is 0 Å². The van der Waals surface area contributed by atoms with E-state index in [4.69, 9.17) is 0 Å². The second-order valence-corrected chi connectivity index (χ2v) is 7.33. The molecule has 0 spiro atoms. The second kappa shape index (κ2) is 10.6. The van der Waals surface area contributed by atoms with E-state index in [-0.39, 0.29) is 29.5 Å². The number of aliphatic imine (C=N–C) groups is 1. The van der Waals surface area contributed by atoms with Gasteiger partial charge in [0.05, 0.1) is 0 Å². The molecule has 2 N–H and O–H groups in total. The van der Waals surface area contributed by atoms with Gasteiger partial charge in [-0.2, -0.15) is 0 Å². The molecule has 1 heterocycles. The van der Waals surface area contributed by atoms with Crippen molar-refractivity contribution in [3.05, 3.63) is 0 Å². The van der Waals surface area contributed by atoms with Crippen LogP contribution in [0.3, 0.4) is 0 Å². The van der Waals surface area contributed by atoms with Crippen LogP contribution in [0.15, 0.2) is 4.99 Å². The minimum atomic E-state index is 0. The molecule has 1 aliphatic rings. The fourth-order valence-corrected chi connectivity index (χ4v) is 2.60. The first-order valence-corrected chi connectivity index (χ1v) is 8.25. The highest BCUT2D eigenvalue weighted by Crippen LogP contribution is 2.05. The number of guanidine groups is 1. The van der Waals surface area contributed by atoms with Crippen LogP contribution in [0.25, 0.3) is 0 Å². The number of hydrogen-bond acceptors (Lipinski definition) is 3. The Balaban J connectivity index is 0.00000441. The van der Waals surface area contributed by atoms with E-state index < -0.39 is 0 Å². The van der Waals surface area contributed by atoms with Crippen molar-refractivity contribution in [3.63, 3.8) is 0 Å². The zero-order chi connectivity index (χ0) is 15.9. The maximum atomic E-state index is 4.42. The Morgan fingerprint density at radius 2 is 1.68 bits per heavy atom. The normalized spacial score (nSPS) is 17.6. The van der Waals surface area contributed by atoms with E-state index in [0.29, 0.717) is 0 Å². The van der Waals surface area contributed by atoms with E-state index in [1.54, 1.807) is 0 Å². The molecule has 1 aliphatic heterocycles. The summed E-state index contributed by atoms with van der Waals surface area (Å²) in [6, 6.07) is 0. The van der Waals surface area contributed by atoms with Crippen molar-refractivity contribution in [2.24, 2.45) is 10.9 Å². The van der Waals surface area contributed by atoms with Crippen LogP contribution >= 0.6 is 24.0 Å². The molecule has 0 saturated carbocycles. The molecule has 0 unspecified atom stereocenters. The van der Waals surface area contributed by atoms with Gasteiger partial charge in [-0.1, -0.05) is 13.8 Å². The molecule has 0 radical (unpaired) electrons. The molecule has 1 fully saturated rings. The molecule has 1 saturated heterocycles. The number of hydrogen-bond donors (Lipinski definition) is 2. The summed E-state index contributed by atoms with van der Waals surface area (Å²) in [5.74, 6) is 1.78. The molecule has 22 heavy (non-hydrogen) atoms. The average Bonchev–Trinajstić information content (AvgIpc) is 2.38. The van der Waals surface area contributed by atoms with Crippen LogP contribution in [0, 0.1) is 5.92 Å². The number of nitrogens with one attached hydrogen (secondary N) is 2.